The molecule has 146 valence electrons. The van der Waals surface area contributed by atoms with Crippen LogP contribution < -0.4 is 5.56 Å². The lowest BCUT2D eigenvalue weighted by molar-refractivity contribution is -0.135. The summed E-state index contributed by atoms with van der Waals surface area (Å²) in [5, 5.41) is 0.343. The molecular weight excluding hydrogens is 374 g/mol. The normalized spacial score (nSPS) is 14.5. The standard InChI is InChI=1S/C17H21N3O6S/c1-11-13-15(27-14(11)17(23)26-8-7-24-2)18-10-20(16(13)22)9-12(21)19-3-5-25-6-4-19/h10H,3-9H2,1-2H3. The van der Waals surface area contributed by atoms with E-state index in [1.54, 1.807) is 11.8 Å². The molecule has 2 aromatic heterocycles. The van der Waals surface area contributed by atoms with Crippen molar-refractivity contribution < 1.29 is 23.8 Å². The van der Waals surface area contributed by atoms with Crippen LogP contribution in [0.25, 0.3) is 10.2 Å². The van der Waals surface area contributed by atoms with E-state index in [1.807, 2.05) is 0 Å². The Labute approximate surface area is 159 Å². The Bertz CT molecular complexity index is 900. The van der Waals surface area contributed by atoms with Crippen LogP contribution in [-0.2, 0) is 25.5 Å². The molecule has 0 atom stereocenters. The van der Waals surface area contributed by atoms with Crippen LogP contribution in [0.2, 0.25) is 0 Å². The monoisotopic (exact) mass is 395 g/mol. The van der Waals surface area contributed by atoms with E-state index in [1.165, 1.54) is 18.0 Å². The summed E-state index contributed by atoms with van der Waals surface area (Å²) in [6.07, 6.45) is 1.35. The summed E-state index contributed by atoms with van der Waals surface area (Å²) in [6, 6.07) is 0. The van der Waals surface area contributed by atoms with Crippen molar-refractivity contribution in [3.05, 3.63) is 27.1 Å². The highest BCUT2D eigenvalue weighted by atomic mass is 32.1. The summed E-state index contributed by atoms with van der Waals surface area (Å²) >= 11 is 1.11. The van der Waals surface area contributed by atoms with Gasteiger partial charge in [-0.3, -0.25) is 14.2 Å². The van der Waals surface area contributed by atoms with Crippen molar-refractivity contribution >= 4 is 33.4 Å². The zero-order valence-electron chi connectivity index (χ0n) is 15.2. The number of esters is 1. The van der Waals surface area contributed by atoms with Crippen LogP contribution in [0, 0.1) is 6.92 Å². The number of hydrogen-bond acceptors (Lipinski definition) is 8. The molecule has 1 saturated heterocycles. The number of nitrogens with zero attached hydrogens (tertiary/aromatic N) is 3. The Morgan fingerprint density at radius 3 is 2.74 bits per heavy atom. The summed E-state index contributed by atoms with van der Waals surface area (Å²) in [5.41, 5.74) is 0.175. The average molecular weight is 395 g/mol. The number of amides is 1. The highest BCUT2D eigenvalue weighted by Crippen LogP contribution is 2.27. The van der Waals surface area contributed by atoms with Gasteiger partial charge in [-0.05, 0) is 12.5 Å². The van der Waals surface area contributed by atoms with Crippen LogP contribution in [0.4, 0.5) is 0 Å². The molecule has 27 heavy (non-hydrogen) atoms. The molecule has 1 aliphatic heterocycles. The fourth-order valence-electron chi connectivity index (χ4n) is 2.81. The topological polar surface area (TPSA) is 100.0 Å². The molecule has 0 radical (unpaired) electrons. The second-order valence-corrected chi connectivity index (χ2v) is 7.03. The first-order chi connectivity index (χ1) is 13.0. The fraction of sp³-hybridized carbons (Fsp3) is 0.529. The van der Waals surface area contributed by atoms with Gasteiger partial charge in [-0.1, -0.05) is 0 Å². The number of rotatable bonds is 6. The summed E-state index contributed by atoms with van der Waals surface area (Å²) in [6.45, 7) is 4.04. The van der Waals surface area contributed by atoms with Gasteiger partial charge in [-0.15, -0.1) is 11.3 Å². The molecule has 0 spiro atoms. The molecule has 0 aliphatic carbocycles. The molecule has 1 fully saturated rings. The third-order valence-corrected chi connectivity index (χ3v) is 5.47. The number of morpholine rings is 1. The van der Waals surface area contributed by atoms with Crippen molar-refractivity contribution in [1.29, 1.82) is 0 Å². The molecule has 0 N–H and O–H groups in total. The molecule has 10 heteroatoms. The number of hydrogen-bond donors (Lipinski definition) is 0. The predicted molar refractivity (Wildman–Crippen MR) is 98.2 cm³/mol. The van der Waals surface area contributed by atoms with Crippen LogP contribution in [0.5, 0.6) is 0 Å². The predicted octanol–water partition coefficient (Wildman–Crippen LogP) is 0.428. The Morgan fingerprint density at radius 1 is 1.30 bits per heavy atom. The first-order valence-corrected chi connectivity index (χ1v) is 9.34. The summed E-state index contributed by atoms with van der Waals surface area (Å²) in [5.74, 6) is -0.670. The van der Waals surface area contributed by atoms with Gasteiger partial charge in [-0.2, -0.15) is 0 Å². The van der Waals surface area contributed by atoms with Crippen LogP contribution in [0.1, 0.15) is 15.2 Å². The lowest BCUT2D eigenvalue weighted by Crippen LogP contribution is -2.43. The van der Waals surface area contributed by atoms with Crippen molar-refractivity contribution in [2.75, 3.05) is 46.6 Å². The lowest BCUT2D eigenvalue weighted by Gasteiger charge is -2.26. The van der Waals surface area contributed by atoms with Gasteiger partial charge >= 0.3 is 5.97 Å². The molecule has 1 aliphatic rings. The summed E-state index contributed by atoms with van der Waals surface area (Å²) in [7, 11) is 1.52. The van der Waals surface area contributed by atoms with Gasteiger partial charge in [0.25, 0.3) is 5.56 Å². The Hall–Kier alpha value is -2.30. The molecule has 0 bridgehead atoms. The van der Waals surface area contributed by atoms with Gasteiger partial charge in [0.15, 0.2) is 0 Å². The van der Waals surface area contributed by atoms with E-state index in [4.69, 9.17) is 14.2 Å². The van der Waals surface area contributed by atoms with E-state index < -0.39 is 5.97 Å². The molecule has 1 amide bonds. The molecule has 0 unspecified atom stereocenters. The Balaban J connectivity index is 1.84. The first-order valence-electron chi connectivity index (χ1n) is 8.53. The van der Waals surface area contributed by atoms with Crippen molar-refractivity contribution in [2.45, 2.75) is 13.5 Å². The van der Waals surface area contributed by atoms with Crippen molar-refractivity contribution in [3.8, 4) is 0 Å². The minimum atomic E-state index is -0.511. The van der Waals surface area contributed by atoms with Gasteiger partial charge in [-0.25, -0.2) is 9.78 Å². The van der Waals surface area contributed by atoms with E-state index in [0.29, 0.717) is 53.6 Å². The largest absolute Gasteiger partial charge is 0.459 e. The van der Waals surface area contributed by atoms with E-state index in [-0.39, 0.29) is 24.6 Å². The minimum absolute atomic E-state index is 0.0926. The van der Waals surface area contributed by atoms with Gasteiger partial charge in [0, 0.05) is 20.2 Å². The van der Waals surface area contributed by atoms with Crippen LogP contribution >= 0.6 is 11.3 Å². The Morgan fingerprint density at radius 2 is 2.04 bits per heavy atom. The van der Waals surface area contributed by atoms with E-state index >= 15 is 0 Å². The van der Waals surface area contributed by atoms with Gasteiger partial charge in [0.1, 0.15) is 22.9 Å². The average Bonchev–Trinajstić information content (AvgIpc) is 3.02. The quantitative estimate of drug-likeness (QED) is 0.516. The first kappa shape index (κ1) is 19.5. The summed E-state index contributed by atoms with van der Waals surface area (Å²) < 4.78 is 16.5. The highest BCUT2D eigenvalue weighted by Gasteiger charge is 2.22. The lowest BCUT2D eigenvalue weighted by atomic mass is 10.2. The number of aryl methyl sites for hydroxylation is 1. The van der Waals surface area contributed by atoms with Crippen molar-refractivity contribution in [3.63, 3.8) is 0 Å². The van der Waals surface area contributed by atoms with Crippen LogP contribution in [0.3, 0.4) is 0 Å². The Kier molecular flexibility index (Phi) is 6.19. The number of ether oxygens (including phenoxy) is 3. The third kappa shape index (κ3) is 4.18. The minimum Gasteiger partial charge on any atom is -0.459 e. The maximum absolute atomic E-state index is 12.8. The van der Waals surface area contributed by atoms with E-state index in [0.717, 1.165) is 11.3 Å². The molecule has 0 aromatic carbocycles. The second-order valence-electron chi connectivity index (χ2n) is 6.04. The SMILES string of the molecule is COCCOC(=O)c1sc2ncn(CC(=O)N3CCOCC3)c(=O)c2c1C. The van der Waals surface area contributed by atoms with E-state index in [2.05, 4.69) is 4.98 Å². The van der Waals surface area contributed by atoms with Gasteiger partial charge in [0.05, 0.1) is 31.5 Å². The zero-order chi connectivity index (χ0) is 19.4. The highest BCUT2D eigenvalue weighted by molar-refractivity contribution is 7.20. The molecular formula is C17H21N3O6S. The number of methoxy groups -OCH3 is 1. The number of carbonyl (C=O) groups excluding carboxylic acids is 2. The fourth-order valence-corrected chi connectivity index (χ4v) is 3.84. The molecule has 0 saturated carbocycles. The number of fused-ring (bicyclic) bond motifs is 1. The smallest absolute Gasteiger partial charge is 0.348 e. The van der Waals surface area contributed by atoms with Crippen molar-refractivity contribution in [1.82, 2.24) is 14.5 Å². The second kappa shape index (κ2) is 8.59. The third-order valence-electron chi connectivity index (χ3n) is 4.29. The van der Waals surface area contributed by atoms with Crippen LogP contribution in [0.15, 0.2) is 11.1 Å². The van der Waals surface area contributed by atoms with Crippen molar-refractivity contribution in [2.24, 2.45) is 0 Å². The van der Waals surface area contributed by atoms with Gasteiger partial charge in [0.2, 0.25) is 5.91 Å². The molecule has 9 nitrogen and oxygen atoms in total. The zero-order valence-corrected chi connectivity index (χ0v) is 16.0. The molecule has 3 heterocycles. The maximum Gasteiger partial charge on any atom is 0.348 e. The molecule has 3 rings (SSSR count). The van der Waals surface area contributed by atoms with E-state index in [9.17, 15) is 14.4 Å². The van der Waals surface area contributed by atoms with Crippen LogP contribution in [-0.4, -0.2) is 73.0 Å². The number of aromatic nitrogens is 2. The maximum atomic E-state index is 12.8. The number of carbonyl (C=O) groups is 2. The van der Waals surface area contributed by atoms with Gasteiger partial charge < -0.3 is 19.1 Å². The summed E-state index contributed by atoms with van der Waals surface area (Å²) in [4.78, 5) is 44.1. The molecule has 2 aromatic rings. The number of thiophene rings is 1.